The maximum absolute atomic E-state index is 13.4. The van der Waals surface area contributed by atoms with Crippen molar-refractivity contribution in [2.24, 2.45) is 0 Å². The lowest BCUT2D eigenvalue weighted by atomic mass is 9.94. The first-order valence-electron chi connectivity index (χ1n) is 12.4. The second-order valence-corrected chi connectivity index (χ2v) is 9.55. The summed E-state index contributed by atoms with van der Waals surface area (Å²) in [5.41, 5.74) is 4.66. The van der Waals surface area contributed by atoms with Crippen LogP contribution in [-0.4, -0.2) is 62.4 Å². The summed E-state index contributed by atoms with van der Waals surface area (Å²) in [5.74, 6) is 0.200. The van der Waals surface area contributed by atoms with Crippen LogP contribution in [0, 0.1) is 6.92 Å². The second-order valence-electron chi connectivity index (χ2n) is 9.55. The minimum absolute atomic E-state index is 0.0673. The van der Waals surface area contributed by atoms with Gasteiger partial charge in [-0.05, 0) is 43.5 Å². The zero-order valence-electron chi connectivity index (χ0n) is 19.9. The molecule has 1 saturated heterocycles. The van der Waals surface area contributed by atoms with Crippen LogP contribution >= 0.6 is 0 Å². The molecule has 0 spiro atoms. The highest BCUT2D eigenvalue weighted by molar-refractivity contribution is 5.79. The Kier molecular flexibility index (Phi) is 7.11. The van der Waals surface area contributed by atoms with Gasteiger partial charge >= 0.3 is 0 Å². The number of para-hydroxylation sites is 2. The van der Waals surface area contributed by atoms with Crippen molar-refractivity contribution < 1.29 is 9.53 Å². The Morgan fingerprint density at radius 2 is 1.79 bits per heavy atom. The van der Waals surface area contributed by atoms with Crippen LogP contribution in [0.25, 0.3) is 11.0 Å². The number of rotatable bonds is 6. The van der Waals surface area contributed by atoms with E-state index < -0.39 is 0 Å². The van der Waals surface area contributed by atoms with Crippen molar-refractivity contribution >= 4 is 16.9 Å². The first kappa shape index (κ1) is 22.9. The summed E-state index contributed by atoms with van der Waals surface area (Å²) in [6, 6.07) is 12.2. The second kappa shape index (κ2) is 10.6. The Hall–Kier alpha value is -2.90. The molecule has 1 saturated carbocycles. The first-order chi connectivity index (χ1) is 16.7. The molecule has 3 heterocycles. The lowest BCUT2D eigenvalue weighted by Crippen LogP contribution is -2.45. The third-order valence-electron chi connectivity index (χ3n) is 6.98. The van der Waals surface area contributed by atoms with E-state index in [0.29, 0.717) is 38.8 Å². The van der Waals surface area contributed by atoms with Crippen LogP contribution in [0.1, 0.15) is 49.1 Å². The summed E-state index contributed by atoms with van der Waals surface area (Å²) in [7, 11) is 0. The van der Waals surface area contributed by atoms with E-state index >= 15 is 0 Å². The van der Waals surface area contributed by atoms with E-state index in [4.69, 9.17) is 14.7 Å². The molecule has 0 radical (unpaired) electrons. The molecule has 2 fully saturated rings. The van der Waals surface area contributed by atoms with Crippen molar-refractivity contribution in [3.8, 4) is 0 Å². The molecule has 7 heteroatoms. The van der Waals surface area contributed by atoms with Gasteiger partial charge in [0.05, 0.1) is 41.7 Å². The fraction of sp³-hybridized carbons (Fsp3) is 0.481. The molecule has 1 aliphatic carbocycles. The zero-order chi connectivity index (χ0) is 23.3. The highest BCUT2D eigenvalue weighted by Gasteiger charge is 2.33. The molecule has 178 valence electrons. The van der Waals surface area contributed by atoms with Gasteiger partial charge in [-0.2, -0.15) is 0 Å². The Balaban J connectivity index is 1.36. The van der Waals surface area contributed by atoms with E-state index in [0.717, 1.165) is 40.8 Å². The lowest BCUT2D eigenvalue weighted by Gasteiger charge is -2.35. The van der Waals surface area contributed by atoms with Gasteiger partial charge in [0.25, 0.3) is 0 Å². The molecule has 0 bridgehead atoms. The third-order valence-corrected chi connectivity index (χ3v) is 6.98. The summed E-state index contributed by atoms with van der Waals surface area (Å²) in [6.45, 7) is 4.79. The fourth-order valence-electron chi connectivity index (χ4n) is 5.17. The summed E-state index contributed by atoms with van der Waals surface area (Å²) in [5, 5.41) is 0. The number of carbonyl (C=O) groups is 1. The van der Waals surface area contributed by atoms with Crippen molar-refractivity contribution in [2.45, 2.75) is 64.3 Å². The molecular formula is C27H33N5O2. The predicted molar refractivity (Wildman–Crippen MR) is 131 cm³/mol. The zero-order valence-corrected chi connectivity index (χ0v) is 19.9. The molecule has 1 aliphatic heterocycles. The van der Waals surface area contributed by atoms with E-state index in [1.165, 1.54) is 19.3 Å². The average molecular weight is 460 g/mol. The van der Waals surface area contributed by atoms with Gasteiger partial charge in [0.1, 0.15) is 0 Å². The van der Waals surface area contributed by atoms with Gasteiger partial charge in [-0.3, -0.25) is 14.7 Å². The van der Waals surface area contributed by atoms with Gasteiger partial charge in [-0.15, -0.1) is 0 Å². The van der Waals surface area contributed by atoms with Crippen molar-refractivity contribution in [1.82, 2.24) is 24.8 Å². The number of benzene rings is 1. The van der Waals surface area contributed by atoms with Crippen LogP contribution in [0.2, 0.25) is 0 Å². The molecule has 1 aromatic carbocycles. The van der Waals surface area contributed by atoms with E-state index in [1.807, 2.05) is 49.5 Å². The van der Waals surface area contributed by atoms with Crippen molar-refractivity contribution in [3.63, 3.8) is 0 Å². The number of amides is 1. The number of carbonyl (C=O) groups excluding carboxylic acids is 1. The minimum atomic E-state index is -0.0673. The summed E-state index contributed by atoms with van der Waals surface area (Å²) in [4.78, 5) is 31.5. The molecular weight excluding hydrogens is 426 g/mol. The van der Waals surface area contributed by atoms with E-state index in [2.05, 4.69) is 14.8 Å². The minimum Gasteiger partial charge on any atom is -0.370 e. The smallest absolute Gasteiger partial charge is 0.237 e. The van der Waals surface area contributed by atoms with Gasteiger partial charge in [-0.25, -0.2) is 9.97 Å². The Morgan fingerprint density at radius 3 is 2.56 bits per heavy atom. The van der Waals surface area contributed by atoms with Crippen LogP contribution in [0.5, 0.6) is 0 Å². The molecule has 0 N–H and O–H groups in total. The maximum Gasteiger partial charge on any atom is 0.237 e. The van der Waals surface area contributed by atoms with Crippen LogP contribution in [0.4, 0.5) is 0 Å². The third kappa shape index (κ3) is 5.42. The predicted octanol–water partition coefficient (Wildman–Crippen LogP) is 3.90. The molecule has 34 heavy (non-hydrogen) atoms. The van der Waals surface area contributed by atoms with Crippen molar-refractivity contribution in [3.05, 3.63) is 65.7 Å². The number of hydrogen-bond donors (Lipinski definition) is 0. The number of aryl methyl sites for hydroxylation is 1. The molecule has 2 aliphatic rings. The summed E-state index contributed by atoms with van der Waals surface area (Å²) in [6.07, 6.45) is 9.40. The number of nitrogens with zero attached hydrogens (tertiary/aromatic N) is 5. The Labute approximate surface area is 201 Å². The van der Waals surface area contributed by atoms with Gasteiger partial charge in [-0.1, -0.05) is 37.5 Å². The largest absolute Gasteiger partial charge is 0.370 e. The van der Waals surface area contributed by atoms with Gasteiger partial charge < -0.3 is 9.64 Å². The van der Waals surface area contributed by atoms with E-state index in [-0.39, 0.29) is 12.0 Å². The quantitative estimate of drug-likeness (QED) is 0.557. The van der Waals surface area contributed by atoms with Gasteiger partial charge in [0.15, 0.2) is 0 Å². The van der Waals surface area contributed by atoms with Gasteiger partial charge in [0.2, 0.25) is 5.91 Å². The topological polar surface area (TPSA) is 71.5 Å². The number of fused-ring (bicyclic) bond motifs is 1. The SMILES string of the molecule is Cc1nc2ccccc2nc1CN1CC(=O)N(C2CCCCC2)CC(OCc2cccnc2)C1. The van der Waals surface area contributed by atoms with Crippen molar-refractivity contribution in [1.29, 1.82) is 0 Å². The normalized spacial score (nSPS) is 20.6. The van der Waals surface area contributed by atoms with Crippen LogP contribution in [-0.2, 0) is 22.7 Å². The van der Waals surface area contributed by atoms with Crippen LogP contribution < -0.4 is 0 Å². The average Bonchev–Trinajstić information content (AvgIpc) is 3.02. The first-order valence-corrected chi connectivity index (χ1v) is 12.4. The number of ether oxygens (including phenoxy) is 1. The molecule has 1 amide bonds. The monoisotopic (exact) mass is 459 g/mol. The molecule has 7 nitrogen and oxygen atoms in total. The Morgan fingerprint density at radius 1 is 1.00 bits per heavy atom. The maximum atomic E-state index is 13.4. The van der Waals surface area contributed by atoms with E-state index in [1.54, 1.807) is 6.20 Å². The van der Waals surface area contributed by atoms with Crippen LogP contribution in [0.3, 0.4) is 0 Å². The highest BCUT2D eigenvalue weighted by Crippen LogP contribution is 2.25. The van der Waals surface area contributed by atoms with Gasteiger partial charge in [0, 0.05) is 38.1 Å². The summed E-state index contributed by atoms with van der Waals surface area (Å²) >= 11 is 0. The highest BCUT2D eigenvalue weighted by atomic mass is 16.5. The van der Waals surface area contributed by atoms with E-state index in [9.17, 15) is 4.79 Å². The summed E-state index contributed by atoms with van der Waals surface area (Å²) < 4.78 is 6.38. The molecule has 1 atom stereocenters. The lowest BCUT2D eigenvalue weighted by molar-refractivity contribution is -0.135. The Bertz CT molecular complexity index is 1120. The number of aromatic nitrogens is 3. The molecule has 1 unspecified atom stereocenters. The molecule has 3 aromatic rings. The fourth-order valence-corrected chi connectivity index (χ4v) is 5.17. The molecule has 5 rings (SSSR count). The molecule has 2 aromatic heterocycles. The number of hydrogen-bond acceptors (Lipinski definition) is 6. The number of pyridine rings is 1. The van der Waals surface area contributed by atoms with Crippen LogP contribution in [0.15, 0.2) is 48.8 Å². The van der Waals surface area contributed by atoms with Crippen molar-refractivity contribution in [2.75, 3.05) is 19.6 Å². The standard InChI is InChI=1S/C27H33N5O2/c1-20-26(30-25-12-6-5-11-24(25)29-20)17-31-15-23(34-19-21-8-7-13-28-14-21)16-32(27(33)18-31)22-9-3-2-4-10-22/h5-8,11-14,22-23H,2-4,9-10,15-19H2,1H3.